The molecule has 5 rings (SSSR count). The number of allylic oxidation sites excluding steroid dienone is 3. The number of carbonyl (C=O) groups is 2. The summed E-state index contributed by atoms with van der Waals surface area (Å²) < 4.78 is 30.6. The Hall–Kier alpha value is -2.26. The molecule has 2 bridgehead atoms. The van der Waals surface area contributed by atoms with Crippen molar-refractivity contribution >= 4 is 11.9 Å². The highest BCUT2D eigenvalue weighted by Gasteiger charge is 2.83. The number of hydrogen-bond acceptors (Lipinski definition) is 8. The first-order valence-electron chi connectivity index (χ1n) is 13.3. The number of aliphatic hydroxyl groups is 1. The van der Waals surface area contributed by atoms with Crippen molar-refractivity contribution in [3.63, 3.8) is 0 Å². The fraction of sp³-hybridized carbons (Fsp3) is 0.655. The Morgan fingerprint density at radius 1 is 1.05 bits per heavy atom. The molecular weight excluding hydrogens is 476 g/mol. The Labute approximate surface area is 218 Å². The molecule has 8 heteroatoms. The third-order valence-electron chi connectivity index (χ3n) is 9.24. The van der Waals surface area contributed by atoms with E-state index < -0.39 is 46.7 Å². The molecule has 2 aliphatic carbocycles. The van der Waals surface area contributed by atoms with Crippen LogP contribution in [0, 0.1) is 10.8 Å². The van der Waals surface area contributed by atoms with E-state index in [0.717, 1.165) is 18.4 Å². The van der Waals surface area contributed by atoms with E-state index in [1.54, 1.807) is 25.2 Å². The summed E-state index contributed by atoms with van der Waals surface area (Å²) in [5, 5.41) is 10.0. The van der Waals surface area contributed by atoms with E-state index in [1.807, 2.05) is 6.92 Å². The quantitative estimate of drug-likeness (QED) is 0.323. The molecule has 202 valence electrons. The van der Waals surface area contributed by atoms with Crippen molar-refractivity contribution in [2.24, 2.45) is 10.8 Å². The molecule has 8 nitrogen and oxygen atoms in total. The van der Waals surface area contributed by atoms with Gasteiger partial charge in [-0.1, -0.05) is 42.4 Å². The molecule has 0 aromatic carbocycles. The van der Waals surface area contributed by atoms with Crippen LogP contribution in [0.4, 0.5) is 0 Å². The summed E-state index contributed by atoms with van der Waals surface area (Å²) in [6, 6.07) is 0. The number of carbonyl (C=O) groups excluding carboxylic acids is 2. The maximum atomic E-state index is 12.9. The first-order valence-corrected chi connectivity index (χ1v) is 13.3. The maximum Gasteiger partial charge on any atom is 0.331 e. The molecule has 2 spiro atoms. The van der Waals surface area contributed by atoms with Gasteiger partial charge in [0.15, 0.2) is 0 Å². The molecule has 1 saturated carbocycles. The minimum absolute atomic E-state index is 0.144. The van der Waals surface area contributed by atoms with E-state index >= 15 is 0 Å². The second-order valence-electron chi connectivity index (χ2n) is 11.4. The van der Waals surface area contributed by atoms with Crippen LogP contribution in [0.2, 0.25) is 0 Å². The zero-order valence-corrected chi connectivity index (χ0v) is 22.1. The smallest absolute Gasteiger partial charge is 0.331 e. The van der Waals surface area contributed by atoms with Gasteiger partial charge in [-0.3, -0.25) is 0 Å². The van der Waals surface area contributed by atoms with Crippen molar-refractivity contribution in [2.75, 3.05) is 19.8 Å². The van der Waals surface area contributed by atoms with Crippen molar-refractivity contribution in [3.05, 3.63) is 47.6 Å². The lowest BCUT2D eigenvalue weighted by Crippen LogP contribution is -2.66. The highest BCUT2D eigenvalue weighted by molar-refractivity contribution is 5.83. The molecule has 0 amide bonds. The lowest BCUT2D eigenvalue weighted by Gasteiger charge is -2.58. The van der Waals surface area contributed by atoms with Gasteiger partial charge in [0.2, 0.25) is 0 Å². The number of esters is 2. The Morgan fingerprint density at radius 3 is 2.57 bits per heavy atom. The normalized spacial score (nSPS) is 46.2. The van der Waals surface area contributed by atoms with Gasteiger partial charge >= 0.3 is 11.9 Å². The summed E-state index contributed by atoms with van der Waals surface area (Å²) >= 11 is 0. The molecule has 1 N–H and O–H groups in total. The van der Waals surface area contributed by atoms with Gasteiger partial charge < -0.3 is 28.8 Å². The van der Waals surface area contributed by atoms with Gasteiger partial charge in [0.1, 0.15) is 24.4 Å². The van der Waals surface area contributed by atoms with E-state index in [0.29, 0.717) is 26.1 Å². The van der Waals surface area contributed by atoms with Gasteiger partial charge in [0.25, 0.3) is 0 Å². The van der Waals surface area contributed by atoms with Crippen molar-refractivity contribution in [3.8, 4) is 0 Å². The van der Waals surface area contributed by atoms with Gasteiger partial charge in [-0.05, 0) is 40.0 Å². The molecule has 4 unspecified atom stereocenters. The number of ether oxygens (including phenoxy) is 5. The van der Waals surface area contributed by atoms with Gasteiger partial charge in [0.05, 0.1) is 36.9 Å². The molecular formula is C29H38O8. The van der Waals surface area contributed by atoms with Crippen LogP contribution in [-0.4, -0.2) is 73.0 Å². The van der Waals surface area contributed by atoms with Crippen LogP contribution in [0.1, 0.15) is 53.4 Å². The van der Waals surface area contributed by atoms with Gasteiger partial charge in [-0.15, -0.1) is 0 Å². The fourth-order valence-electron chi connectivity index (χ4n) is 6.85. The predicted octanol–water partition coefficient (Wildman–Crippen LogP) is 3.34. The average molecular weight is 515 g/mol. The average Bonchev–Trinajstić information content (AvgIpc) is 3.61. The Morgan fingerprint density at radius 2 is 1.84 bits per heavy atom. The number of epoxide rings is 1. The first-order chi connectivity index (χ1) is 17.6. The van der Waals surface area contributed by atoms with E-state index in [4.69, 9.17) is 23.7 Å². The van der Waals surface area contributed by atoms with Crippen LogP contribution in [0.15, 0.2) is 47.6 Å². The maximum absolute atomic E-state index is 12.9. The summed E-state index contributed by atoms with van der Waals surface area (Å²) in [6.07, 6.45) is 10.5. The Bertz CT molecular complexity index is 1050. The molecule has 5 aliphatic rings. The van der Waals surface area contributed by atoms with E-state index in [-0.39, 0.29) is 18.8 Å². The van der Waals surface area contributed by atoms with Crippen LogP contribution in [0.25, 0.3) is 0 Å². The van der Waals surface area contributed by atoms with Crippen molar-refractivity contribution in [1.29, 1.82) is 0 Å². The molecule has 0 radical (unpaired) electrons. The number of cyclic esters (lactones) is 1. The molecule has 3 fully saturated rings. The second kappa shape index (κ2) is 9.80. The van der Waals surface area contributed by atoms with Gasteiger partial charge in [-0.2, -0.15) is 0 Å². The number of rotatable bonds is 1. The second-order valence-corrected chi connectivity index (χ2v) is 11.4. The van der Waals surface area contributed by atoms with Crippen molar-refractivity contribution < 1.29 is 38.4 Å². The standard InChI is InChI=1S/C29H38O8/c1-18-9-11-28-16-34-26(32)14-19(2)10-12-33-21(20(3)30)7-5-6-8-25(31)37-22-15-24(36-23(28)13-18)29(17-35-29)27(22,28)4/h5-8,13-14,20-24,30H,9-12,15-17H2,1-4H3/b7-5-,8-6-,19-14-/t20?,21?,22-,23-,24?,27?,28-,29+/m1/s1. The summed E-state index contributed by atoms with van der Waals surface area (Å²) in [7, 11) is 0. The lowest BCUT2D eigenvalue weighted by molar-refractivity contribution is -0.232. The van der Waals surface area contributed by atoms with Crippen molar-refractivity contribution in [2.45, 2.75) is 89.5 Å². The van der Waals surface area contributed by atoms with Crippen LogP contribution >= 0.6 is 0 Å². The van der Waals surface area contributed by atoms with Crippen LogP contribution in [0.5, 0.6) is 0 Å². The molecule has 3 heterocycles. The number of aliphatic hydroxyl groups excluding tert-OH is 1. The zero-order chi connectivity index (χ0) is 26.4. The first kappa shape index (κ1) is 26.4. The number of hydrogen-bond donors (Lipinski definition) is 1. The monoisotopic (exact) mass is 514 g/mol. The molecule has 8 atom stereocenters. The van der Waals surface area contributed by atoms with Crippen LogP contribution < -0.4 is 0 Å². The summed E-state index contributed by atoms with van der Waals surface area (Å²) in [4.78, 5) is 25.9. The van der Waals surface area contributed by atoms with E-state index in [1.165, 1.54) is 17.7 Å². The van der Waals surface area contributed by atoms with Crippen molar-refractivity contribution in [1.82, 2.24) is 0 Å². The van der Waals surface area contributed by atoms with Crippen LogP contribution in [-0.2, 0) is 33.3 Å². The summed E-state index contributed by atoms with van der Waals surface area (Å²) in [6.45, 7) is 8.73. The molecule has 3 aliphatic heterocycles. The van der Waals surface area contributed by atoms with Gasteiger partial charge in [-0.25, -0.2) is 9.59 Å². The highest BCUT2D eigenvalue weighted by atomic mass is 16.6. The highest BCUT2D eigenvalue weighted by Crippen LogP contribution is 2.72. The third kappa shape index (κ3) is 4.42. The Balaban J connectivity index is 1.51. The third-order valence-corrected chi connectivity index (χ3v) is 9.24. The van der Waals surface area contributed by atoms with Gasteiger partial charge in [0, 0.05) is 24.0 Å². The topological polar surface area (TPSA) is 104 Å². The molecule has 0 aromatic heterocycles. The summed E-state index contributed by atoms with van der Waals surface area (Å²) in [5.41, 5.74) is 0.318. The lowest BCUT2D eigenvalue weighted by atomic mass is 9.51. The summed E-state index contributed by atoms with van der Waals surface area (Å²) in [5.74, 6) is -0.879. The molecule has 2 saturated heterocycles. The SMILES string of the molecule is CC1=C[C@H]2OC3C[C@H]4OC(=O)/C=C\C=C/C(C(C)O)OCC/C(C)=C\C(=O)OC[C@@]2(CC1)C4(C)[C@]31CO1. The Kier molecular flexibility index (Phi) is 6.98. The largest absolute Gasteiger partial charge is 0.462 e. The minimum Gasteiger partial charge on any atom is -0.462 e. The van der Waals surface area contributed by atoms with E-state index in [9.17, 15) is 14.7 Å². The molecule has 0 aromatic rings. The molecule has 37 heavy (non-hydrogen) atoms. The van der Waals surface area contributed by atoms with Crippen LogP contribution in [0.3, 0.4) is 0 Å². The predicted molar refractivity (Wildman–Crippen MR) is 134 cm³/mol. The fourth-order valence-corrected chi connectivity index (χ4v) is 6.85. The van der Waals surface area contributed by atoms with E-state index in [2.05, 4.69) is 19.9 Å². The zero-order valence-electron chi connectivity index (χ0n) is 22.1. The minimum atomic E-state index is -0.735.